The maximum absolute atomic E-state index is 13.4. The van der Waals surface area contributed by atoms with Crippen LogP contribution in [0.4, 0.5) is 9.59 Å². The van der Waals surface area contributed by atoms with E-state index in [-0.39, 0.29) is 0 Å². The van der Waals surface area contributed by atoms with Crippen LogP contribution in [0.15, 0.2) is 24.3 Å². The Bertz CT molecular complexity index is 857. The molecule has 3 rings (SSSR count). The molecule has 8 nitrogen and oxygen atoms in total. The second kappa shape index (κ2) is 5.95. The third kappa shape index (κ3) is 2.36. The van der Waals surface area contributed by atoms with Gasteiger partial charge in [-0.3, -0.25) is 9.59 Å². The van der Waals surface area contributed by atoms with E-state index in [0.717, 1.165) is 4.90 Å². The van der Waals surface area contributed by atoms with Gasteiger partial charge in [0.2, 0.25) is 5.91 Å². The summed E-state index contributed by atoms with van der Waals surface area (Å²) in [6.07, 6.45) is 0. The molecule has 1 aromatic rings. The van der Waals surface area contributed by atoms with Crippen LogP contribution >= 0.6 is 11.6 Å². The number of nitrogens with zero attached hydrogens (tertiary/aromatic N) is 3. The highest BCUT2D eigenvalue weighted by Crippen LogP contribution is 2.45. The molecular formula is C18H21ClN4O4. The van der Waals surface area contributed by atoms with E-state index < -0.39 is 41.0 Å². The summed E-state index contributed by atoms with van der Waals surface area (Å²) >= 11 is 5.90. The number of urea groups is 2. The largest absolute Gasteiger partial charge is 0.330 e. The molecule has 144 valence electrons. The van der Waals surface area contributed by atoms with Crippen LogP contribution in [0.3, 0.4) is 0 Å². The molecule has 9 heteroatoms. The van der Waals surface area contributed by atoms with Gasteiger partial charge in [-0.2, -0.15) is 0 Å². The van der Waals surface area contributed by atoms with Crippen LogP contribution in [0.25, 0.3) is 0 Å². The van der Waals surface area contributed by atoms with Crippen molar-refractivity contribution in [1.82, 2.24) is 20.0 Å². The Morgan fingerprint density at radius 2 is 1.63 bits per heavy atom. The fourth-order valence-electron chi connectivity index (χ4n) is 3.93. The second-order valence-electron chi connectivity index (χ2n) is 7.19. The number of halogens is 1. The summed E-state index contributed by atoms with van der Waals surface area (Å²) in [7, 11) is 3.08. The normalized spacial score (nSPS) is 28.3. The van der Waals surface area contributed by atoms with Crippen LogP contribution in [0.1, 0.15) is 32.3 Å². The lowest BCUT2D eigenvalue weighted by Gasteiger charge is -2.41. The number of Topliss-reactive ketones (excluding diaryl/α,β-unsaturated/α-hetero) is 1. The van der Waals surface area contributed by atoms with Crippen molar-refractivity contribution in [2.45, 2.75) is 38.0 Å². The van der Waals surface area contributed by atoms with Crippen molar-refractivity contribution in [3.63, 3.8) is 0 Å². The number of hydrogen-bond donors (Lipinski definition) is 1. The van der Waals surface area contributed by atoms with Gasteiger partial charge in [0.25, 0.3) is 0 Å². The van der Waals surface area contributed by atoms with Crippen LogP contribution in [-0.4, -0.2) is 63.9 Å². The molecule has 0 aromatic heterocycles. The number of likely N-dealkylation sites (N-methyl/N-ethyl adjacent to an activating group) is 2. The third-order valence-corrected chi connectivity index (χ3v) is 6.14. The van der Waals surface area contributed by atoms with Gasteiger partial charge in [-0.25, -0.2) is 14.5 Å². The maximum Gasteiger partial charge on any atom is 0.330 e. The summed E-state index contributed by atoms with van der Waals surface area (Å²) in [6, 6.07) is 5.32. The molecule has 3 atom stereocenters. The van der Waals surface area contributed by atoms with E-state index in [0.29, 0.717) is 10.6 Å². The fourth-order valence-corrected chi connectivity index (χ4v) is 4.06. The van der Waals surface area contributed by atoms with Crippen molar-refractivity contribution in [3.05, 3.63) is 34.9 Å². The first kappa shape index (κ1) is 19.2. The summed E-state index contributed by atoms with van der Waals surface area (Å²) in [5.41, 5.74) is -2.00. The van der Waals surface area contributed by atoms with E-state index in [2.05, 4.69) is 5.32 Å². The first-order chi connectivity index (χ1) is 12.5. The predicted molar refractivity (Wildman–Crippen MR) is 98.0 cm³/mol. The zero-order valence-corrected chi connectivity index (χ0v) is 16.5. The van der Waals surface area contributed by atoms with Gasteiger partial charge < -0.3 is 15.1 Å². The number of ketones is 1. The Hall–Kier alpha value is -2.61. The van der Waals surface area contributed by atoms with E-state index in [1.165, 1.54) is 23.8 Å². The summed E-state index contributed by atoms with van der Waals surface area (Å²) in [4.78, 5) is 54.6. The number of amides is 5. The molecular weight excluding hydrogens is 372 g/mol. The molecule has 1 N–H and O–H groups in total. The number of imide groups is 1. The van der Waals surface area contributed by atoms with Crippen molar-refractivity contribution in [2.75, 3.05) is 14.1 Å². The van der Waals surface area contributed by atoms with Crippen molar-refractivity contribution in [3.8, 4) is 0 Å². The monoisotopic (exact) mass is 392 g/mol. The number of carbonyl (C=O) groups is 4. The number of hydrogen-bond acceptors (Lipinski definition) is 4. The van der Waals surface area contributed by atoms with Crippen molar-refractivity contribution < 1.29 is 19.2 Å². The highest BCUT2D eigenvalue weighted by molar-refractivity contribution is 6.30. The lowest BCUT2D eigenvalue weighted by atomic mass is 9.91. The minimum atomic E-state index is -1.33. The minimum Gasteiger partial charge on any atom is -0.311 e. The number of rotatable bonds is 3. The van der Waals surface area contributed by atoms with Gasteiger partial charge in [0.15, 0.2) is 11.3 Å². The number of carbonyl (C=O) groups excluding carboxylic acids is 4. The zero-order chi connectivity index (χ0) is 20.3. The molecule has 1 unspecified atom stereocenters. The molecule has 5 amide bonds. The molecule has 2 fully saturated rings. The number of fused-ring (bicyclic) bond motifs is 1. The highest BCUT2D eigenvalue weighted by atomic mass is 35.5. The number of nitrogens with one attached hydrogen (secondary N) is 1. The molecule has 0 radical (unpaired) electrons. The molecule has 2 aliphatic rings. The van der Waals surface area contributed by atoms with Crippen LogP contribution < -0.4 is 5.32 Å². The lowest BCUT2D eigenvalue weighted by Crippen LogP contribution is -2.64. The fraction of sp³-hybridized carbons (Fsp3) is 0.444. The van der Waals surface area contributed by atoms with Crippen molar-refractivity contribution in [1.29, 1.82) is 0 Å². The van der Waals surface area contributed by atoms with Gasteiger partial charge in [0.05, 0.1) is 0 Å². The summed E-state index contributed by atoms with van der Waals surface area (Å²) in [5.74, 6) is -2.28. The van der Waals surface area contributed by atoms with E-state index in [1.54, 1.807) is 45.2 Å². The van der Waals surface area contributed by atoms with Crippen molar-refractivity contribution in [2.24, 2.45) is 0 Å². The van der Waals surface area contributed by atoms with E-state index in [4.69, 9.17) is 11.6 Å². The Morgan fingerprint density at radius 1 is 1.07 bits per heavy atom. The Labute approximate surface area is 162 Å². The summed E-state index contributed by atoms with van der Waals surface area (Å²) in [6.45, 7) is 4.59. The maximum atomic E-state index is 13.4. The standard InChI is InChI=1S/C18H21ClN4O4/c1-10(24)13(11-6-8-12(19)9-7-11)14(25)23-16(27)22(5)18(3)17(23,2)20-15(26)21(18)4/h6-9,13H,1-5H3,(H,20,26)/t13?,17-,18+/m1/s1. The molecule has 2 saturated heterocycles. The van der Waals surface area contributed by atoms with E-state index in [9.17, 15) is 19.2 Å². The molecule has 0 saturated carbocycles. The first-order valence-corrected chi connectivity index (χ1v) is 8.78. The Kier molecular flexibility index (Phi) is 4.22. The predicted octanol–water partition coefficient (Wildman–Crippen LogP) is 1.99. The lowest BCUT2D eigenvalue weighted by molar-refractivity contribution is -0.139. The van der Waals surface area contributed by atoms with Crippen molar-refractivity contribution >= 4 is 35.4 Å². The van der Waals surface area contributed by atoms with Gasteiger partial charge in [-0.05, 0) is 38.5 Å². The quantitative estimate of drug-likeness (QED) is 0.796. The molecule has 1 aromatic carbocycles. The van der Waals surface area contributed by atoms with Crippen LogP contribution in [0, 0.1) is 0 Å². The van der Waals surface area contributed by atoms with Gasteiger partial charge in [0.1, 0.15) is 11.7 Å². The highest BCUT2D eigenvalue weighted by Gasteiger charge is 2.71. The third-order valence-electron chi connectivity index (χ3n) is 5.89. The van der Waals surface area contributed by atoms with Crippen LogP contribution in [0.2, 0.25) is 5.02 Å². The Balaban J connectivity index is 2.09. The molecule has 2 aliphatic heterocycles. The molecule has 0 aliphatic carbocycles. The average molecular weight is 393 g/mol. The topological polar surface area (TPSA) is 90.0 Å². The van der Waals surface area contributed by atoms with Gasteiger partial charge >= 0.3 is 12.1 Å². The SMILES string of the molecule is CC(=O)C(C(=O)N1C(=O)N(C)[C@]2(C)N(C)C(=O)N[C@]12C)c1ccc(Cl)cc1. The second-order valence-corrected chi connectivity index (χ2v) is 7.63. The molecule has 0 spiro atoms. The number of benzene rings is 1. The summed E-state index contributed by atoms with van der Waals surface area (Å²) < 4.78 is 0. The van der Waals surface area contributed by atoms with Crippen LogP contribution in [-0.2, 0) is 9.59 Å². The molecule has 2 heterocycles. The minimum absolute atomic E-state index is 0.410. The molecule has 0 bridgehead atoms. The van der Waals surface area contributed by atoms with Gasteiger partial charge in [-0.15, -0.1) is 0 Å². The summed E-state index contributed by atoms with van der Waals surface area (Å²) in [5, 5.41) is 3.19. The molecule has 27 heavy (non-hydrogen) atoms. The smallest absolute Gasteiger partial charge is 0.311 e. The van der Waals surface area contributed by atoms with Crippen LogP contribution in [0.5, 0.6) is 0 Å². The van der Waals surface area contributed by atoms with E-state index in [1.807, 2.05) is 0 Å². The first-order valence-electron chi connectivity index (χ1n) is 8.40. The van der Waals surface area contributed by atoms with Gasteiger partial charge in [0, 0.05) is 19.1 Å². The average Bonchev–Trinajstić information content (AvgIpc) is 2.85. The van der Waals surface area contributed by atoms with E-state index >= 15 is 0 Å². The Morgan fingerprint density at radius 3 is 2.15 bits per heavy atom. The van der Waals surface area contributed by atoms with Gasteiger partial charge in [-0.1, -0.05) is 23.7 Å². The zero-order valence-electron chi connectivity index (χ0n) is 15.7.